The fourth-order valence-corrected chi connectivity index (χ4v) is 0.684. The van der Waals surface area contributed by atoms with Gasteiger partial charge in [-0.25, -0.2) is 0 Å². The molecule has 0 aliphatic heterocycles. The Balaban J connectivity index is -0.000000173. The van der Waals surface area contributed by atoms with Crippen molar-refractivity contribution in [3.63, 3.8) is 0 Å². The largest absolute Gasteiger partial charge is 3.00 e. The zero-order valence-electron chi connectivity index (χ0n) is 11.0. The van der Waals surface area contributed by atoms with Crippen molar-refractivity contribution in [2.45, 2.75) is 13.1 Å². The van der Waals surface area contributed by atoms with Crippen molar-refractivity contribution < 1.29 is 21.7 Å². The fraction of sp³-hybridized carbons (Fsp3) is 0.133. The van der Waals surface area contributed by atoms with E-state index < -0.39 is 0 Å². The molecule has 0 N–H and O–H groups in total. The van der Waals surface area contributed by atoms with Crippen LogP contribution in [0.4, 0.5) is 0 Å². The molecule has 0 spiro atoms. The monoisotopic (exact) mass is 277 g/mol. The molecular formula is C15H21SiTi. The molecule has 0 nitrogen and oxygen atoms in total. The number of benzene rings is 2. The summed E-state index contributed by atoms with van der Waals surface area (Å²) in [6, 6.07) is 25.0. The SMILES string of the molecule is C[SiH2]C.[CH3-].[Ti+3].[c-]1ccccc1.[c-]1ccccc1. The minimum absolute atomic E-state index is 0. The minimum Gasteiger partial charge on any atom is -0.358 e. The summed E-state index contributed by atoms with van der Waals surface area (Å²) in [7, 11) is 0.417. The van der Waals surface area contributed by atoms with Crippen LogP contribution in [0.5, 0.6) is 0 Å². The van der Waals surface area contributed by atoms with Crippen LogP contribution in [-0.2, 0) is 21.7 Å². The van der Waals surface area contributed by atoms with Crippen LogP contribution >= 0.6 is 0 Å². The van der Waals surface area contributed by atoms with Crippen LogP contribution in [0.2, 0.25) is 13.1 Å². The van der Waals surface area contributed by atoms with Gasteiger partial charge in [0, 0.05) is 9.52 Å². The quantitative estimate of drug-likeness (QED) is 0.509. The zero-order valence-corrected chi connectivity index (χ0v) is 14.0. The number of hydrogen-bond donors (Lipinski definition) is 0. The van der Waals surface area contributed by atoms with Crippen molar-refractivity contribution in [3.05, 3.63) is 80.2 Å². The molecule has 0 aromatic heterocycles. The van der Waals surface area contributed by atoms with Gasteiger partial charge in [0.15, 0.2) is 0 Å². The second kappa shape index (κ2) is 20.7. The second-order valence-corrected chi connectivity index (χ2v) is 4.28. The van der Waals surface area contributed by atoms with E-state index in [1.807, 2.05) is 60.7 Å². The van der Waals surface area contributed by atoms with Crippen LogP contribution in [0, 0.1) is 19.6 Å². The maximum atomic E-state index is 2.89. The number of rotatable bonds is 0. The predicted octanol–water partition coefficient (Wildman–Crippen LogP) is 3.67. The number of hydrogen-bond acceptors (Lipinski definition) is 0. The zero-order chi connectivity index (χ0) is 11.2. The van der Waals surface area contributed by atoms with Gasteiger partial charge in [-0.1, -0.05) is 13.1 Å². The third-order valence-corrected chi connectivity index (χ3v) is 1.21. The van der Waals surface area contributed by atoms with Crippen LogP contribution in [0.25, 0.3) is 0 Å². The van der Waals surface area contributed by atoms with Gasteiger partial charge in [-0.2, -0.15) is 72.8 Å². The van der Waals surface area contributed by atoms with Gasteiger partial charge in [0.1, 0.15) is 0 Å². The van der Waals surface area contributed by atoms with Gasteiger partial charge in [-0.15, -0.1) is 0 Å². The summed E-state index contributed by atoms with van der Waals surface area (Å²) in [4.78, 5) is 0. The molecule has 0 aliphatic rings. The normalized spacial score (nSPS) is 6.71. The van der Waals surface area contributed by atoms with Crippen LogP contribution < -0.4 is 0 Å². The molecule has 0 heterocycles. The van der Waals surface area contributed by atoms with Crippen molar-refractivity contribution in [1.82, 2.24) is 0 Å². The van der Waals surface area contributed by atoms with Crippen LogP contribution in [0.1, 0.15) is 0 Å². The van der Waals surface area contributed by atoms with E-state index >= 15 is 0 Å². The Kier molecular flexibility index (Phi) is 26.4. The summed E-state index contributed by atoms with van der Waals surface area (Å²) >= 11 is 0. The Labute approximate surface area is 124 Å². The Morgan fingerprint density at radius 3 is 0.941 bits per heavy atom. The summed E-state index contributed by atoms with van der Waals surface area (Å²) in [5.41, 5.74) is 0. The topological polar surface area (TPSA) is 0 Å². The first-order chi connectivity index (χ1) is 7.41. The average molecular weight is 277 g/mol. The molecule has 0 saturated heterocycles. The summed E-state index contributed by atoms with van der Waals surface area (Å²) in [6.07, 6.45) is 0. The van der Waals surface area contributed by atoms with Crippen LogP contribution in [0.3, 0.4) is 0 Å². The fourth-order valence-electron chi connectivity index (χ4n) is 0.684. The van der Waals surface area contributed by atoms with Crippen LogP contribution in [-0.4, -0.2) is 9.52 Å². The molecule has 1 radical (unpaired) electrons. The molecule has 0 aliphatic carbocycles. The molecule has 2 aromatic carbocycles. The molecule has 0 amide bonds. The van der Waals surface area contributed by atoms with Crippen molar-refractivity contribution in [2.24, 2.45) is 0 Å². The second-order valence-electron chi connectivity index (χ2n) is 2.86. The van der Waals surface area contributed by atoms with E-state index in [9.17, 15) is 0 Å². The molecule has 2 aromatic rings. The van der Waals surface area contributed by atoms with E-state index in [1.54, 1.807) is 0 Å². The summed E-state index contributed by atoms with van der Waals surface area (Å²) in [5.74, 6) is 0. The molecule has 89 valence electrons. The van der Waals surface area contributed by atoms with Crippen molar-refractivity contribution in [2.75, 3.05) is 0 Å². The van der Waals surface area contributed by atoms with Gasteiger partial charge >= 0.3 is 21.7 Å². The molecule has 0 atom stereocenters. The summed E-state index contributed by atoms with van der Waals surface area (Å²) < 4.78 is 0. The van der Waals surface area contributed by atoms with E-state index in [0.29, 0.717) is 9.52 Å². The summed E-state index contributed by atoms with van der Waals surface area (Å²) in [6.45, 7) is 4.53. The first-order valence-corrected chi connectivity index (χ1v) is 8.06. The van der Waals surface area contributed by atoms with E-state index in [-0.39, 0.29) is 29.1 Å². The van der Waals surface area contributed by atoms with Crippen molar-refractivity contribution in [3.8, 4) is 0 Å². The van der Waals surface area contributed by atoms with Gasteiger partial charge in [0.2, 0.25) is 0 Å². The molecule has 2 heteroatoms. The van der Waals surface area contributed by atoms with Gasteiger partial charge in [-0.3, -0.25) is 0 Å². The van der Waals surface area contributed by atoms with Gasteiger partial charge < -0.3 is 7.43 Å². The van der Waals surface area contributed by atoms with Gasteiger partial charge in [0.05, 0.1) is 0 Å². The molecule has 17 heavy (non-hydrogen) atoms. The van der Waals surface area contributed by atoms with E-state index in [2.05, 4.69) is 25.2 Å². The van der Waals surface area contributed by atoms with E-state index in [0.717, 1.165) is 0 Å². The molecule has 0 saturated carbocycles. The molecule has 2 rings (SSSR count). The Morgan fingerprint density at radius 2 is 0.882 bits per heavy atom. The van der Waals surface area contributed by atoms with Crippen molar-refractivity contribution >= 4 is 9.52 Å². The van der Waals surface area contributed by atoms with Gasteiger partial charge in [0.25, 0.3) is 0 Å². The Hall–Kier alpha value is -0.629. The first kappa shape index (κ1) is 21.6. The standard InChI is InChI=1S/2C6H5.C2H8Si.CH3.Ti/c2*1-2-4-6-5-3-1;1-3-2;;/h2*1-5H;3H2,1-2H3;1H3;/q2*-1;;-1;+3. The maximum Gasteiger partial charge on any atom is 3.00 e. The summed E-state index contributed by atoms with van der Waals surface area (Å²) in [5, 5.41) is 0. The molecule has 0 bridgehead atoms. The molecular weight excluding hydrogens is 256 g/mol. The average Bonchev–Trinajstić information content (AvgIpc) is 2.35. The smallest absolute Gasteiger partial charge is 0.358 e. The first-order valence-electron chi connectivity index (χ1n) is 5.24. The Morgan fingerprint density at radius 1 is 0.647 bits per heavy atom. The Bertz CT molecular complexity index is 199. The van der Waals surface area contributed by atoms with E-state index in [1.165, 1.54) is 0 Å². The van der Waals surface area contributed by atoms with E-state index in [4.69, 9.17) is 0 Å². The van der Waals surface area contributed by atoms with Gasteiger partial charge in [-0.05, 0) is 0 Å². The third-order valence-electron chi connectivity index (χ3n) is 1.21. The molecule has 0 unspecified atom stereocenters. The maximum absolute atomic E-state index is 2.89. The minimum atomic E-state index is 0. The van der Waals surface area contributed by atoms with Crippen molar-refractivity contribution in [1.29, 1.82) is 0 Å². The molecule has 0 fully saturated rings. The predicted molar refractivity (Wildman–Crippen MR) is 77.2 cm³/mol. The third kappa shape index (κ3) is 21.3. The van der Waals surface area contributed by atoms with Crippen LogP contribution in [0.15, 0.2) is 60.7 Å².